The Bertz CT molecular complexity index is 322. The van der Waals surface area contributed by atoms with Gasteiger partial charge in [-0.15, -0.1) is 0 Å². The third-order valence-electron chi connectivity index (χ3n) is 2.44. The van der Waals surface area contributed by atoms with E-state index in [1.165, 1.54) is 0 Å². The lowest BCUT2D eigenvalue weighted by Gasteiger charge is -2.18. The van der Waals surface area contributed by atoms with Crippen molar-refractivity contribution in [2.75, 3.05) is 40.8 Å². The highest BCUT2D eigenvalue weighted by Crippen LogP contribution is 2.00. The maximum Gasteiger partial charge on any atom is 0.176 e. The van der Waals surface area contributed by atoms with E-state index in [0.29, 0.717) is 6.54 Å². The molecule has 1 aromatic rings. The summed E-state index contributed by atoms with van der Waals surface area (Å²) in [4.78, 5) is 16.0. The second-order valence-electron chi connectivity index (χ2n) is 4.33. The quantitative estimate of drug-likeness (QED) is 0.676. The number of hydrogen-bond acceptors (Lipinski definition) is 3. The molecule has 0 heterocycles. The first-order chi connectivity index (χ1) is 7.59. The minimum atomic E-state index is 0.182. The summed E-state index contributed by atoms with van der Waals surface area (Å²) in [6.45, 7) is 2.36. The highest BCUT2D eigenvalue weighted by molar-refractivity contribution is 5.97. The normalized spacial score (nSPS) is 11.1. The molecule has 0 atom stereocenters. The topological polar surface area (TPSA) is 23.6 Å². The van der Waals surface area contributed by atoms with E-state index in [4.69, 9.17) is 0 Å². The van der Waals surface area contributed by atoms with Crippen molar-refractivity contribution in [2.45, 2.75) is 0 Å². The number of nitrogens with zero attached hydrogens (tertiary/aromatic N) is 2. The van der Waals surface area contributed by atoms with Gasteiger partial charge >= 0.3 is 0 Å². The van der Waals surface area contributed by atoms with Crippen molar-refractivity contribution in [3.8, 4) is 0 Å². The zero-order chi connectivity index (χ0) is 12.0. The van der Waals surface area contributed by atoms with Crippen LogP contribution in [0, 0.1) is 0 Å². The molecule has 1 rings (SSSR count). The molecule has 0 spiro atoms. The van der Waals surface area contributed by atoms with Crippen LogP contribution in [0.4, 0.5) is 0 Å². The summed E-state index contributed by atoms with van der Waals surface area (Å²) in [5.74, 6) is 0.182. The molecule has 0 aromatic heterocycles. The molecule has 0 aliphatic carbocycles. The van der Waals surface area contributed by atoms with Crippen molar-refractivity contribution in [1.82, 2.24) is 9.80 Å². The molecule has 3 heteroatoms. The Balaban J connectivity index is 2.40. The second-order valence-corrected chi connectivity index (χ2v) is 4.33. The Morgan fingerprint density at radius 3 is 2.25 bits per heavy atom. The molecular weight excluding hydrogens is 200 g/mol. The van der Waals surface area contributed by atoms with E-state index < -0.39 is 0 Å². The van der Waals surface area contributed by atoms with Gasteiger partial charge in [0, 0.05) is 18.7 Å². The highest BCUT2D eigenvalue weighted by atomic mass is 16.1. The molecule has 16 heavy (non-hydrogen) atoms. The maximum absolute atomic E-state index is 11.8. The van der Waals surface area contributed by atoms with Crippen LogP contribution in [0.15, 0.2) is 30.3 Å². The van der Waals surface area contributed by atoms with E-state index in [9.17, 15) is 4.79 Å². The number of likely N-dealkylation sites (N-methyl/N-ethyl adjacent to an activating group) is 2. The first-order valence-electron chi connectivity index (χ1n) is 5.51. The predicted octanol–water partition coefficient (Wildman–Crippen LogP) is 1.36. The number of ketones is 1. The van der Waals surface area contributed by atoms with Gasteiger partial charge in [0.25, 0.3) is 0 Å². The van der Waals surface area contributed by atoms with Gasteiger partial charge < -0.3 is 4.90 Å². The van der Waals surface area contributed by atoms with Crippen molar-refractivity contribution >= 4 is 5.78 Å². The second kappa shape index (κ2) is 6.40. The van der Waals surface area contributed by atoms with Gasteiger partial charge in [0.05, 0.1) is 6.54 Å². The molecule has 1 aromatic carbocycles. The molecule has 0 N–H and O–H groups in total. The Morgan fingerprint density at radius 2 is 1.69 bits per heavy atom. The smallest absolute Gasteiger partial charge is 0.176 e. The van der Waals surface area contributed by atoms with Gasteiger partial charge in [-0.05, 0) is 21.1 Å². The van der Waals surface area contributed by atoms with Gasteiger partial charge in [0.2, 0.25) is 0 Å². The Kier molecular flexibility index (Phi) is 5.15. The number of rotatable bonds is 6. The van der Waals surface area contributed by atoms with Crippen LogP contribution in [0.1, 0.15) is 10.4 Å². The van der Waals surface area contributed by atoms with Crippen LogP contribution in [0.2, 0.25) is 0 Å². The third-order valence-corrected chi connectivity index (χ3v) is 2.44. The average molecular weight is 220 g/mol. The summed E-state index contributed by atoms with van der Waals surface area (Å²) < 4.78 is 0. The lowest BCUT2D eigenvalue weighted by Crippen LogP contribution is -2.32. The Hall–Kier alpha value is -1.19. The van der Waals surface area contributed by atoms with Crippen molar-refractivity contribution in [3.63, 3.8) is 0 Å². The highest BCUT2D eigenvalue weighted by Gasteiger charge is 2.08. The van der Waals surface area contributed by atoms with Gasteiger partial charge in [-0.25, -0.2) is 0 Å². The van der Waals surface area contributed by atoms with E-state index in [1.54, 1.807) is 0 Å². The summed E-state index contributed by atoms with van der Waals surface area (Å²) in [5, 5.41) is 0. The SMILES string of the molecule is CN(C)CCN(C)CC(=O)c1ccccc1. The number of Topliss-reactive ketones (excluding diaryl/α,β-unsaturated/α-hetero) is 1. The number of hydrogen-bond donors (Lipinski definition) is 0. The van der Waals surface area contributed by atoms with Crippen LogP contribution >= 0.6 is 0 Å². The van der Waals surface area contributed by atoms with E-state index >= 15 is 0 Å². The molecule has 0 unspecified atom stereocenters. The number of carbonyl (C=O) groups is 1. The summed E-state index contributed by atoms with van der Waals surface area (Å²) in [5.41, 5.74) is 0.791. The zero-order valence-electron chi connectivity index (χ0n) is 10.3. The fraction of sp³-hybridized carbons (Fsp3) is 0.462. The van der Waals surface area contributed by atoms with Crippen LogP contribution in [-0.4, -0.2) is 56.4 Å². The molecule has 88 valence electrons. The average Bonchev–Trinajstić information content (AvgIpc) is 2.27. The third kappa shape index (κ3) is 4.55. The zero-order valence-corrected chi connectivity index (χ0v) is 10.3. The predicted molar refractivity (Wildman–Crippen MR) is 66.8 cm³/mol. The van der Waals surface area contributed by atoms with E-state index in [2.05, 4.69) is 9.80 Å². The lowest BCUT2D eigenvalue weighted by molar-refractivity contribution is 0.0942. The summed E-state index contributed by atoms with van der Waals surface area (Å²) in [6, 6.07) is 9.44. The van der Waals surface area contributed by atoms with Crippen LogP contribution in [-0.2, 0) is 0 Å². The standard InChI is InChI=1S/C13H20N2O/c1-14(2)9-10-15(3)11-13(16)12-7-5-4-6-8-12/h4-8H,9-11H2,1-3H3. The monoisotopic (exact) mass is 220 g/mol. The van der Waals surface area contributed by atoms with Crippen molar-refractivity contribution < 1.29 is 4.79 Å². The summed E-state index contributed by atoms with van der Waals surface area (Å²) >= 11 is 0. The van der Waals surface area contributed by atoms with Gasteiger partial charge in [0.15, 0.2) is 5.78 Å². The van der Waals surface area contributed by atoms with Gasteiger partial charge in [-0.3, -0.25) is 9.69 Å². The molecule has 0 saturated carbocycles. The Morgan fingerprint density at radius 1 is 1.06 bits per heavy atom. The van der Waals surface area contributed by atoms with Crippen LogP contribution in [0.5, 0.6) is 0 Å². The molecular formula is C13H20N2O. The molecule has 0 bridgehead atoms. The van der Waals surface area contributed by atoms with Crippen molar-refractivity contribution in [1.29, 1.82) is 0 Å². The van der Waals surface area contributed by atoms with Crippen molar-refractivity contribution in [2.24, 2.45) is 0 Å². The van der Waals surface area contributed by atoms with E-state index in [1.807, 2.05) is 51.5 Å². The van der Waals surface area contributed by atoms with Gasteiger partial charge in [-0.2, -0.15) is 0 Å². The largest absolute Gasteiger partial charge is 0.308 e. The fourth-order valence-electron chi connectivity index (χ4n) is 1.41. The van der Waals surface area contributed by atoms with Crippen LogP contribution in [0.25, 0.3) is 0 Å². The first kappa shape index (κ1) is 12.9. The molecule has 0 aliphatic heterocycles. The molecule has 0 radical (unpaired) electrons. The van der Waals surface area contributed by atoms with E-state index in [0.717, 1.165) is 18.7 Å². The minimum Gasteiger partial charge on any atom is -0.308 e. The molecule has 3 nitrogen and oxygen atoms in total. The van der Waals surface area contributed by atoms with Crippen LogP contribution < -0.4 is 0 Å². The van der Waals surface area contributed by atoms with Gasteiger partial charge in [0.1, 0.15) is 0 Å². The molecule has 0 amide bonds. The number of benzene rings is 1. The van der Waals surface area contributed by atoms with Gasteiger partial charge in [-0.1, -0.05) is 30.3 Å². The molecule has 0 saturated heterocycles. The van der Waals surface area contributed by atoms with Crippen molar-refractivity contribution in [3.05, 3.63) is 35.9 Å². The van der Waals surface area contributed by atoms with E-state index in [-0.39, 0.29) is 5.78 Å². The first-order valence-corrected chi connectivity index (χ1v) is 5.51. The lowest BCUT2D eigenvalue weighted by atomic mass is 10.1. The molecule has 0 aliphatic rings. The molecule has 0 fully saturated rings. The minimum absolute atomic E-state index is 0.182. The van der Waals surface area contributed by atoms with Crippen LogP contribution in [0.3, 0.4) is 0 Å². The summed E-state index contributed by atoms with van der Waals surface area (Å²) in [6.07, 6.45) is 0. The maximum atomic E-state index is 11.8. The fourth-order valence-corrected chi connectivity index (χ4v) is 1.41. The Labute approximate surface area is 97.7 Å². The number of carbonyl (C=O) groups excluding carboxylic acids is 1. The summed E-state index contributed by atoms with van der Waals surface area (Å²) in [7, 11) is 6.05.